The van der Waals surface area contributed by atoms with E-state index in [4.69, 9.17) is 4.74 Å². The third kappa shape index (κ3) is 4.49. The van der Waals surface area contributed by atoms with Gasteiger partial charge in [0.25, 0.3) is 10.2 Å². The van der Waals surface area contributed by atoms with Crippen LogP contribution in [0, 0.1) is 0 Å². The Kier molecular flexibility index (Phi) is 6.54. The van der Waals surface area contributed by atoms with Gasteiger partial charge in [-0.2, -0.15) is 12.7 Å². The van der Waals surface area contributed by atoms with Crippen molar-refractivity contribution in [3.63, 3.8) is 0 Å². The first-order valence-electron chi connectivity index (χ1n) is 9.70. The van der Waals surface area contributed by atoms with Crippen LogP contribution in [0.25, 0.3) is 0 Å². The Labute approximate surface area is 147 Å². The average Bonchev–Trinajstić information content (AvgIpc) is 2.88. The summed E-state index contributed by atoms with van der Waals surface area (Å²) >= 11 is 0. The van der Waals surface area contributed by atoms with Crippen molar-refractivity contribution < 1.29 is 13.2 Å². The molecule has 0 unspecified atom stereocenters. The average molecular weight is 360 g/mol. The van der Waals surface area contributed by atoms with E-state index in [-0.39, 0.29) is 5.54 Å². The SMILES string of the molecule is O=S(=O)(NCC1(N2CCOCC2)CCCCCC1)N1CCCCC1. The molecule has 2 saturated heterocycles. The maximum Gasteiger partial charge on any atom is 0.279 e. The van der Waals surface area contributed by atoms with E-state index in [1.807, 2.05) is 0 Å². The van der Waals surface area contributed by atoms with Crippen molar-refractivity contribution in [1.29, 1.82) is 0 Å². The highest BCUT2D eigenvalue weighted by Gasteiger charge is 2.39. The first kappa shape index (κ1) is 18.6. The highest BCUT2D eigenvalue weighted by atomic mass is 32.2. The van der Waals surface area contributed by atoms with Crippen molar-refractivity contribution in [2.45, 2.75) is 63.3 Å². The summed E-state index contributed by atoms with van der Waals surface area (Å²) in [7, 11) is -3.35. The van der Waals surface area contributed by atoms with Gasteiger partial charge in [0.15, 0.2) is 0 Å². The second-order valence-corrected chi connectivity index (χ2v) is 9.28. The molecular formula is C17H33N3O3S. The molecule has 1 N–H and O–H groups in total. The third-order valence-electron chi connectivity index (χ3n) is 5.95. The Morgan fingerprint density at radius 3 is 2.04 bits per heavy atom. The molecule has 0 radical (unpaired) electrons. The number of hydrogen-bond donors (Lipinski definition) is 1. The van der Waals surface area contributed by atoms with Crippen molar-refractivity contribution in [3.8, 4) is 0 Å². The van der Waals surface area contributed by atoms with Crippen LogP contribution in [0.2, 0.25) is 0 Å². The van der Waals surface area contributed by atoms with Gasteiger partial charge in [-0.3, -0.25) is 4.90 Å². The third-order valence-corrected chi connectivity index (χ3v) is 7.51. The summed E-state index contributed by atoms with van der Waals surface area (Å²) in [5.74, 6) is 0. The topological polar surface area (TPSA) is 61.9 Å². The van der Waals surface area contributed by atoms with Crippen molar-refractivity contribution >= 4 is 10.2 Å². The summed E-state index contributed by atoms with van der Waals surface area (Å²) in [6, 6.07) is 0. The van der Waals surface area contributed by atoms with E-state index in [0.29, 0.717) is 19.6 Å². The lowest BCUT2D eigenvalue weighted by molar-refractivity contribution is -0.0270. The molecule has 2 heterocycles. The molecule has 1 saturated carbocycles. The van der Waals surface area contributed by atoms with Gasteiger partial charge in [-0.1, -0.05) is 32.1 Å². The Bertz CT molecular complexity index is 477. The Hall–Kier alpha value is -0.210. The van der Waals surface area contributed by atoms with Gasteiger partial charge in [0.2, 0.25) is 0 Å². The van der Waals surface area contributed by atoms with Crippen molar-refractivity contribution in [3.05, 3.63) is 0 Å². The molecule has 0 amide bonds. The van der Waals surface area contributed by atoms with E-state index >= 15 is 0 Å². The van der Waals surface area contributed by atoms with E-state index in [2.05, 4.69) is 9.62 Å². The number of rotatable bonds is 5. The van der Waals surface area contributed by atoms with E-state index < -0.39 is 10.2 Å². The largest absolute Gasteiger partial charge is 0.379 e. The molecule has 0 spiro atoms. The summed E-state index contributed by atoms with van der Waals surface area (Å²) in [4.78, 5) is 2.50. The van der Waals surface area contributed by atoms with Crippen molar-refractivity contribution in [2.24, 2.45) is 0 Å². The number of nitrogens with zero attached hydrogens (tertiary/aromatic N) is 2. The molecule has 6 nitrogen and oxygen atoms in total. The van der Waals surface area contributed by atoms with Crippen LogP contribution in [-0.2, 0) is 14.9 Å². The molecule has 3 rings (SSSR count). The summed E-state index contributed by atoms with van der Waals surface area (Å²) in [5.41, 5.74) is -0.0247. The van der Waals surface area contributed by atoms with Gasteiger partial charge in [0.1, 0.15) is 0 Å². The molecule has 2 aliphatic heterocycles. The first-order chi connectivity index (χ1) is 11.6. The highest BCUT2D eigenvalue weighted by molar-refractivity contribution is 7.87. The van der Waals surface area contributed by atoms with Crippen LogP contribution in [-0.4, -0.2) is 69.1 Å². The second-order valence-electron chi connectivity index (χ2n) is 7.52. The molecule has 0 bridgehead atoms. The van der Waals surface area contributed by atoms with E-state index in [0.717, 1.165) is 58.4 Å². The molecule has 7 heteroatoms. The van der Waals surface area contributed by atoms with Gasteiger partial charge < -0.3 is 4.74 Å². The standard InChI is InChI=1S/C17H33N3O3S/c21-24(22,20-10-6-3-7-11-20)18-16-17(8-4-1-2-5-9-17)19-12-14-23-15-13-19/h18H,1-16H2. The monoisotopic (exact) mass is 359 g/mol. The van der Waals surface area contributed by atoms with E-state index in [1.165, 1.54) is 25.7 Å². The number of ether oxygens (including phenoxy) is 1. The minimum atomic E-state index is -3.35. The Morgan fingerprint density at radius 2 is 1.42 bits per heavy atom. The van der Waals surface area contributed by atoms with Crippen LogP contribution in [0.1, 0.15) is 57.8 Å². The highest BCUT2D eigenvalue weighted by Crippen LogP contribution is 2.33. The molecule has 140 valence electrons. The Morgan fingerprint density at radius 1 is 0.833 bits per heavy atom. The van der Waals surface area contributed by atoms with Crippen molar-refractivity contribution in [2.75, 3.05) is 45.9 Å². The zero-order valence-electron chi connectivity index (χ0n) is 14.8. The summed E-state index contributed by atoms with van der Waals surface area (Å²) in [6.45, 7) is 5.25. The lowest BCUT2D eigenvalue weighted by Crippen LogP contribution is -2.59. The van der Waals surface area contributed by atoms with Gasteiger partial charge >= 0.3 is 0 Å². The van der Waals surface area contributed by atoms with Crippen LogP contribution in [0.15, 0.2) is 0 Å². The molecule has 0 aromatic rings. The molecule has 3 aliphatic rings. The Balaban J connectivity index is 1.68. The molecular weight excluding hydrogens is 326 g/mol. The number of morpholine rings is 1. The fourth-order valence-corrected chi connectivity index (χ4v) is 5.82. The maximum absolute atomic E-state index is 12.7. The summed E-state index contributed by atoms with van der Waals surface area (Å²) < 4.78 is 35.6. The summed E-state index contributed by atoms with van der Waals surface area (Å²) in [6.07, 6.45) is 10.2. The van der Waals surface area contributed by atoms with Crippen molar-refractivity contribution in [1.82, 2.24) is 13.9 Å². The lowest BCUT2D eigenvalue weighted by Gasteiger charge is -2.46. The second kappa shape index (κ2) is 8.45. The quantitative estimate of drug-likeness (QED) is 0.760. The maximum atomic E-state index is 12.7. The first-order valence-corrected chi connectivity index (χ1v) is 11.1. The number of piperidine rings is 1. The predicted octanol–water partition coefficient (Wildman–Crippen LogP) is 1.73. The number of nitrogens with one attached hydrogen (secondary N) is 1. The van der Waals surface area contributed by atoms with E-state index in [1.54, 1.807) is 4.31 Å². The molecule has 0 atom stereocenters. The summed E-state index contributed by atoms with van der Waals surface area (Å²) in [5, 5.41) is 0. The normalized spacial score (nSPS) is 27.7. The number of hydrogen-bond acceptors (Lipinski definition) is 4. The van der Waals surface area contributed by atoms with Gasteiger partial charge in [0, 0.05) is 38.3 Å². The van der Waals surface area contributed by atoms with Crippen LogP contribution in [0.4, 0.5) is 0 Å². The molecule has 1 aliphatic carbocycles. The van der Waals surface area contributed by atoms with Crippen LogP contribution in [0.3, 0.4) is 0 Å². The smallest absolute Gasteiger partial charge is 0.279 e. The molecule has 24 heavy (non-hydrogen) atoms. The fraction of sp³-hybridized carbons (Fsp3) is 1.00. The van der Waals surface area contributed by atoms with E-state index in [9.17, 15) is 8.42 Å². The van der Waals surface area contributed by atoms with Gasteiger partial charge in [-0.15, -0.1) is 0 Å². The van der Waals surface area contributed by atoms with Gasteiger partial charge in [-0.25, -0.2) is 4.72 Å². The minimum absolute atomic E-state index is 0.0247. The molecule has 0 aromatic heterocycles. The lowest BCUT2D eigenvalue weighted by atomic mass is 9.88. The molecule has 0 aromatic carbocycles. The van der Waals surface area contributed by atoms with Crippen LogP contribution >= 0.6 is 0 Å². The minimum Gasteiger partial charge on any atom is -0.379 e. The fourth-order valence-electron chi connectivity index (χ4n) is 4.45. The van der Waals surface area contributed by atoms with Gasteiger partial charge in [0.05, 0.1) is 13.2 Å². The zero-order valence-corrected chi connectivity index (χ0v) is 15.7. The van der Waals surface area contributed by atoms with Crippen LogP contribution in [0.5, 0.6) is 0 Å². The van der Waals surface area contributed by atoms with Crippen LogP contribution < -0.4 is 4.72 Å². The molecule has 3 fully saturated rings. The zero-order chi connectivity index (χ0) is 16.9. The predicted molar refractivity (Wildman–Crippen MR) is 95.2 cm³/mol. The van der Waals surface area contributed by atoms with Gasteiger partial charge in [-0.05, 0) is 25.7 Å².